The molecule has 0 saturated carbocycles. The van der Waals surface area contributed by atoms with Crippen LogP contribution in [0.5, 0.6) is 0 Å². The predicted octanol–water partition coefficient (Wildman–Crippen LogP) is 2.38. The molecule has 2 aromatic heterocycles. The Labute approximate surface area is 177 Å². The second kappa shape index (κ2) is 7.73. The van der Waals surface area contributed by atoms with Gasteiger partial charge in [-0.1, -0.05) is 29.3 Å². The van der Waals surface area contributed by atoms with Gasteiger partial charge in [0.15, 0.2) is 15.9 Å². The molecule has 0 fully saturated rings. The second-order valence-corrected chi connectivity index (χ2v) is 7.85. The molecule has 1 N–H and O–H groups in total. The molecule has 1 unspecified atom stereocenters. The second-order valence-electron chi connectivity index (χ2n) is 6.30. The first-order valence-corrected chi connectivity index (χ1v) is 9.72. The maximum atomic E-state index is 12.6. The van der Waals surface area contributed by atoms with Crippen molar-refractivity contribution in [3.63, 3.8) is 0 Å². The minimum absolute atomic E-state index is 0.0954. The Morgan fingerprint density at radius 2 is 1.93 bits per heavy atom. The molecule has 0 aliphatic rings. The van der Waals surface area contributed by atoms with Gasteiger partial charge in [0.05, 0.1) is 6.04 Å². The van der Waals surface area contributed by atoms with E-state index in [1.165, 1.54) is 23.2 Å². The smallest absolute Gasteiger partial charge is 0.332 e. The Kier molecular flexibility index (Phi) is 5.69. The molecule has 3 aromatic rings. The van der Waals surface area contributed by atoms with Gasteiger partial charge in [-0.2, -0.15) is 0 Å². The number of rotatable bonds is 4. The zero-order valence-corrected chi connectivity index (χ0v) is 18.3. The average molecular weight is 489 g/mol. The number of hydrogen-bond donors (Lipinski definition) is 1. The van der Waals surface area contributed by atoms with Crippen LogP contribution >= 0.6 is 39.1 Å². The van der Waals surface area contributed by atoms with Gasteiger partial charge in [0.25, 0.3) is 5.56 Å². The monoisotopic (exact) mass is 487 g/mol. The number of hydrogen-bond acceptors (Lipinski definition) is 4. The zero-order chi connectivity index (χ0) is 20.7. The van der Waals surface area contributed by atoms with Crippen molar-refractivity contribution in [2.24, 2.45) is 14.1 Å². The lowest BCUT2D eigenvalue weighted by molar-refractivity contribution is -0.122. The molecule has 8 nitrogen and oxygen atoms in total. The molecular weight excluding hydrogens is 473 g/mol. The minimum Gasteiger partial charge on any atom is -0.348 e. The average Bonchev–Trinajstić information content (AvgIpc) is 2.94. The molecule has 1 atom stereocenters. The summed E-state index contributed by atoms with van der Waals surface area (Å²) in [5.74, 6) is -0.341. The number of nitrogens with one attached hydrogen (secondary N) is 1. The number of aryl methyl sites for hydroxylation is 1. The number of nitrogens with zero attached hydrogens (tertiary/aromatic N) is 4. The van der Waals surface area contributed by atoms with Crippen LogP contribution in [0, 0.1) is 0 Å². The van der Waals surface area contributed by atoms with Gasteiger partial charge < -0.3 is 5.32 Å². The summed E-state index contributed by atoms with van der Waals surface area (Å²) in [6, 6.07) is 4.66. The van der Waals surface area contributed by atoms with Crippen molar-refractivity contribution in [1.82, 2.24) is 24.0 Å². The van der Waals surface area contributed by atoms with Crippen molar-refractivity contribution in [3.05, 3.63) is 59.4 Å². The summed E-state index contributed by atoms with van der Waals surface area (Å²) in [6.45, 7) is 1.65. The van der Waals surface area contributed by atoms with Crippen LogP contribution in [-0.4, -0.2) is 24.6 Å². The number of fused-ring (bicyclic) bond motifs is 1. The van der Waals surface area contributed by atoms with Crippen LogP contribution in [0.1, 0.15) is 18.5 Å². The number of carbonyl (C=O) groups excluding carboxylic acids is 1. The summed E-state index contributed by atoms with van der Waals surface area (Å²) in [5.41, 5.74) is 0.0350. The third kappa shape index (κ3) is 3.61. The fourth-order valence-corrected chi connectivity index (χ4v) is 4.01. The lowest BCUT2D eigenvalue weighted by Crippen LogP contribution is -2.38. The summed E-state index contributed by atoms with van der Waals surface area (Å²) in [7, 11) is 2.89. The van der Waals surface area contributed by atoms with E-state index in [4.69, 9.17) is 23.2 Å². The molecule has 3 rings (SSSR count). The van der Waals surface area contributed by atoms with E-state index < -0.39 is 11.2 Å². The topological polar surface area (TPSA) is 90.9 Å². The first kappa shape index (κ1) is 20.6. The Morgan fingerprint density at radius 3 is 2.57 bits per heavy atom. The Morgan fingerprint density at radius 1 is 1.25 bits per heavy atom. The Hall–Kier alpha value is -2.10. The van der Waals surface area contributed by atoms with Crippen LogP contribution in [-0.2, 0) is 25.4 Å². The lowest BCUT2D eigenvalue weighted by atomic mass is 10.1. The van der Waals surface area contributed by atoms with Crippen LogP contribution in [0.25, 0.3) is 11.2 Å². The van der Waals surface area contributed by atoms with Crippen LogP contribution in [0.4, 0.5) is 0 Å². The number of amides is 1. The van der Waals surface area contributed by atoms with Crippen molar-refractivity contribution in [2.45, 2.75) is 19.5 Å². The van der Waals surface area contributed by atoms with E-state index >= 15 is 0 Å². The van der Waals surface area contributed by atoms with Crippen LogP contribution in [0.15, 0.2) is 32.5 Å². The van der Waals surface area contributed by atoms with Gasteiger partial charge in [0, 0.05) is 24.1 Å². The molecule has 0 spiro atoms. The summed E-state index contributed by atoms with van der Waals surface area (Å²) in [4.78, 5) is 41.3. The molecule has 0 aliphatic carbocycles. The molecule has 11 heteroatoms. The highest BCUT2D eigenvalue weighted by Crippen LogP contribution is 2.26. The molecule has 2 heterocycles. The van der Waals surface area contributed by atoms with Gasteiger partial charge in [-0.05, 0) is 40.5 Å². The Balaban J connectivity index is 1.92. The van der Waals surface area contributed by atoms with Gasteiger partial charge in [-0.25, -0.2) is 9.78 Å². The highest BCUT2D eigenvalue weighted by atomic mass is 79.9. The predicted molar refractivity (Wildman–Crippen MR) is 111 cm³/mol. The summed E-state index contributed by atoms with van der Waals surface area (Å²) >= 11 is 15.4. The summed E-state index contributed by atoms with van der Waals surface area (Å²) < 4.78 is 3.98. The minimum atomic E-state index is -0.528. The normalized spacial score (nSPS) is 12.4. The molecular formula is C17H16BrCl2N5O3. The summed E-state index contributed by atoms with van der Waals surface area (Å²) in [5, 5.41) is 3.79. The van der Waals surface area contributed by atoms with E-state index in [1.807, 2.05) is 0 Å². The van der Waals surface area contributed by atoms with E-state index in [9.17, 15) is 14.4 Å². The molecule has 148 valence electrons. The third-order valence-corrected chi connectivity index (χ3v) is 5.57. The summed E-state index contributed by atoms with van der Waals surface area (Å²) in [6.07, 6.45) is 0. The number of aromatic nitrogens is 4. The van der Waals surface area contributed by atoms with Crippen LogP contribution < -0.4 is 16.6 Å². The van der Waals surface area contributed by atoms with E-state index in [-0.39, 0.29) is 34.4 Å². The first-order chi connectivity index (χ1) is 13.1. The van der Waals surface area contributed by atoms with Crippen LogP contribution in [0.2, 0.25) is 10.0 Å². The zero-order valence-electron chi connectivity index (χ0n) is 15.2. The van der Waals surface area contributed by atoms with E-state index in [0.29, 0.717) is 10.0 Å². The molecule has 0 aliphatic heterocycles. The third-order valence-electron chi connectivity index (χ3n) is 4.40. The van der Waals surface area contributed by atoms with Crippen molar-refractivity contribution < 1.29 is 4.79 Å². The molecule has 0 radical (unpaired) electrons. The molecule has 0 bridgehead atoms. The maximum Gasteiger partial charge on any atom is 0.332 e. The highest BCUT2D eigenvalue weighted by molar-refractivity contribution is 9.10. The van der Waals surface area contributed by atoms with E-state index in [1.54, 1.807) is 25.1 Å². The molecule has 0 saturated heterocycles. The quantitative estimate of drug-likeness (QED) is 0.571. The van der Waals surface area contributed by atoms with Crippen molar-refractivity contribution in [2.75, 3.05) is 0 Å². The number of imidazole rings is 1. The van der Waals surface area contributed by atoms with E-state index in [2.05, 4.69) is 26.2 Å². The highest BCUT2D eigenvalue weighted by Gasteiger charge is 2.20. The molecule has 1 aromatic carbocycles. The van der Waals surface area contributed by atoms with Gasteiger partial charge in [-0.15, -0.1) is 0 Å². The molecule has 28 heavy (non-hydrogen) atoms. The van der Waals surface area contributed by atoms with Crippen LogP contribution in [0.3, 0.4) is 0 Å². The Bertz CT molecular complexity index is 1210. The fraction of sp³-hybridized carbons (Fsp3) is 0.294. The van der Waals surface area contributed by atoms with Crippen molar-refractivity contribution in [3.8, 4) is 0 Å². The first-order valence-electron chi connectivity index (χ1n) is 8.18. The lowest BCUT2D eigenvalue weighted by Gasteiger charge is -2.17. The molecule has 1 amide bonds. The fourth-order valence-electron chi connectivity index (χ4n) is 2.96. The SMILES string of the molecule is CC(NC(=O)Cn1c(Br)nc2c(=O)n(C)c(=O)n(C)c21)c1ccc(Cl)cc1Cl. The van der Waals surface area contributed by atoms with Crippen molar-refractivity contribution >= 4 is 56.2 Å². The van der Waals surface area contributed by atoms with Gasteiger partial charge in [0.1, 0.15) is 6.54 Å². The van der Waals surface area contributed by atoms with Gasteiger partial charge >= 0.3 is 5.69 Å². The largest absolute Gasteiger partial charge is 0.348 e. The number of benzene rings is 1. The van der Waals surface area contributed by atoms with Crippen molar-refractivity contribution in [1.29, 1.82) is 0 Å². The number of carbonyl (C=O) groups is 1. The standard InChI is InChI=1S/C17H16BrCl2N5O3/c1-8(10-5-4-9(19)6-11(10)20)21-12(26)7-25-14-13(22-16(25)18)15(27)24(3)17(28)23(14)2/h4-6,8H,7H2,1-3H3,(H,21,26). The number of halogens is 3. The van der Waals surface area contributed by atoms with Gasteiger partial charge in [0.2, 0.25) is 5.91 Å². The van der Waals surface area contributed by atoms with E-state index in [0.717, 1.165) is 10.1 Å². The van der Waals surface area contributed by atoms with Gasteiger partial charge in [-0.3, -0.25) is 23.3 Å². The maximum absolute atomic E-state index is 12.6.